The molecule has 4 heterocycles. The number of alkyl halides is 2. The van der Waals surface area contributed by atoms with Gasteiger partial charge in [-0.05, 0) is 26.8 Å². The zero-order valence-electron chi connectivity index (χ0n) is 17.6. The molecule has 1 atom stereocenters. The number of rotatable bonds is 4. The standard InChI is InChI=1S/C20H25F2N7O2/c1-12-4-6-29(12)19-24-16(13-3-5-20(21,22)17(13)25-19)18-23-14(31-26-18)11-15(30)28-9-7-27(2)8-10-28/h12H,3-11H2,1-2H3/t12-/m0/s1. The van der Waals surface area contributed by atoms with Crippen LogP contribution in [0.1, 0.15) is 36.9 Å². The van der Waals surface area contributed by atoms with Crippen LogP contribution in [0.5, 0.6) is 0 Å². The molecule has 2 aromatic rings. The van der Waals surface area contributed by atoms with Crippen LogP contribution in [-0.2, 0) is 23.6 Å². The molecule has 166 valence electrons. The summed E-state index contributed by atoms with van der Waals surface area (Å²) < 4.78 is 34.3. The number of likely N-dealkylation sites (N-methyl/N-ethyl adjacent to an activating group) is 1. The van der Waals surface area contributed by atoms with Crippen molar-refractivity contribution >= 4 is 11.9 Å². The minimum atomic E-state index is -3.00. The number of halogens is 2. The Morgan fingerprint density at radius 1 is 1.16 bits per heavy atom. The predicted octanol–water partition coefficient (Wildman–Crippen LogP) is 1.48. The maximum atomic E-state index is 14.5. The molecule has 2 fully saturated rings. The normalized spacial score (nSPS) is 23.0. The molecule has 1 aliphatic carbocycles. The van der Waals surface area contributed by atoms with Gasteiger partial charge in [-0.1, -0.05) is 5.16 Å². The van der Waals surface area contributed by atoms with Gasteiger partial charge in [-0.25, -0.2) is 9.97 Å². The third-order valence-corrected chi connectivity index (χ3v) is 6.45. The third kappa shape index (κ3) is 3.64. The summed E-state index contributed by atoms with van der Waals surface area (Å²) in [7, 11) is 2.02. The van der Waals surface area contributed by atoms with Crippen molar-refractivity contribution in [3.8, 4) is 11.5 Å². The van der Waals surface area contributed by atoms with E-state index in [9.17, 15) is 13.6 Å². The lowest BCUT2D eigenvalue weighted by Gasteiger charge is -2.39. The van der Waals surface area contributed by atoms with E-state index in [0.29, 0.717) is 18.7 Å². The predicted molar refractivity (Wildman–Crippen MR) is 107 cm³/mol. The van der Waals surface area contributed by atoms with Gasteiger partial charge in [-0.2, -0.15) is 13.8 Å². The molecule has 2 aromatic heterocycles. The van der Waals surface area contributed by atoms with E-state index >= 15 is 0 Å². The third-order valence-electron chi connectivity index (χ3n) is 6.45. The highest BCUT2D eigenvalue weighted by molar-refractivity contribution is 5.78. The zero-order valence-corrected chi connectivity index (χ0v) is 17.6. The van der Waals surface area contributed by atoms with Crippen molar-refractivity contribution in [2.45, 2.75) is 44.6 Å². The topological polar surface area (TPSA) is 91.5 Å². The number of hydrogen-bond donors (Lipinski definition) is 0. The summed E-state index contributed by atoms with van der Waals surface area (Å²) in [6.45, 7) is 5.68. The molecule has 2 aliphatic heterocycles. The smallest absolute Gasteiger partial charge is 0.290 e. The number of amides is 1. The molecule has 0 saturated carbocycles. The van der Waals surface area contributed by atoms with Gasteiger partial charge in [0.2, 0.25) is 23.6 Å². The number of nitrogens with zero attached hydrogens (tertiary/aromatic N) is 7. The average Bonchev–Trinajstić information content (AvgIpc) is 3.31. The first kappa shape index (κ1) is 20.2. The highest BCUT2D eigenvalue weighted by Crippen LogP contribution is 2.44. The van der Waals surface area contributed by atoms with Crippen LogP contribution in [0.3, 0.4) is 0 Å². The van der Waals surface area contributed by atoms with E-state index < -0.39 is 5.92 Å². The summed E-state index contributed by atoms with van der Waals surface area (Å²) in [5.74, 6) is -2.52. The SMILES string of the molecule is C[C@H]1CCN1c1nc(-c2noc(CC(=O)N3CCN(C)CC3)n2)c2c(n1)C(F)(F)CC2. The van der Waals surface area contributed by atoms with Crippen molar-refractivity contribution in [2.75, 3.05) is 44.7 Å². The number of carbonyl (C=O) groups excluding carboxylic acids is 1. The molecule has 3 aliphatic rings. The Hall–Kier alpha value is -2.69. The van der Waals surface area contributed by atoms with Crippen LogP contribution in [0.25, 0.3) is 11.5 Å². The van der Waals surface area contributed by atoms with Gasteiger partial charge in [0.25, 0.3) is 5.92 Å². The van der Waals surface area contributed by atoms with Crippen molar-refractivity contribution < 1.29 is 18.1 Å². The fraction of sp³-hybridized carbons (Fsp3) is 0.650. The van der Waals surface area contributed by atoms with Crippen LogP contribution in [0, 0.1) is 0 Å². The molecule has 9 nitrogen and oxygen atoms in total. The minimum absolute atomic E-state index is 0.0177. The number of fused-ring (bicyclic) bond motifs is 1. The van der Waals surface area contributed by atoms with E-state index in [2.05, 4.69) is 25.0 Å². The van der Waals surface area contributed by atoms with E-state index in [1.54, 1.807) is 4.90 Å². The van der Waals surface area contributed by atoms with Crippen LogP contribution < -0.4 is 4.90 Å². The lowest BCUT2D eigenvalue weighted by atomic mass is 10.1. The van der Waals surface area contributed by atoms with Gasteiger partial charge in [0.05, 0.1) is 0 Å². The van der Waals surface area contributed by atoms with Crippen LogP contribution in [0.15, 0.2) is 4.52 Å². The number of anilines is 1. The van der Waals surface area contributed by atoms with Crippen LogP contribution in [-0.4, -0.2) is 81.6 Å². The Morgan fingerprint density at radius 2 is 1.94 bits per heavy atom. The van der Waals surface area contributed by atoms with Crippen molar-refractivity contribution in [3.63, 3.8) is 0 Å². The highest BCUT2D eigenvalue weighted by Gasteiger charge is 2.44. The van der Waals surface area contributed by atoms with Gasteiger partial charge in [0.1, 0.15) is 17.8 Å². The lowest BCUT2D eigenvalue weighted by molar-refractivity contribution is -0.132. The second-order valence-corrected chi connectivity index (χ2v) is 8.61. The van der Waals surface area contributed by atoms with Crippen molar-refractivity contribution in [1.82, 2.24) is 29.9 Å². The van der Waals surface area contributed by atoms with Gasteiger partial charge in [-0.3, -0.25) is 4.79 Å². The maximum Gasteiger partial charge on any atom is 0.290 e. The summed E-state index contributed by atoms with van der Waals surface area (Å²) in [5.41, 5.74) is 0.393. The minimum Gasteiger partial charge on any atom is -0.340 e. The molecule has 0 aromatic carbocycles. The van der Waals surface area contributed by atoms with Crippen LogP contribution in [0.2, 0.25) is 0 Å². The van der Waals surface area contributed by atoms with Gasteiger partial charge in [-0.15, -0.1) is 0 Å². The number of carbonyl (C=O) groups is 1. The maximum absolute atomic E-state index is 14.5. The molecule has 0 bridgehead atoms. The first-order valence-electron chi connectivity index (χ1n) is 10.7. The van der Waals surface area contributed by atoms with Crippen molar-refractivity contribution in [2.24, 2.45) is 0 Å². The zero-order chi connectivity index (χ0) is 21.8. The largest absolute Gasteiger partial charge is 0.340 e. The van der Waals surface area contributed by atoms with E-state index in [1.807, 2.05) is 18.9 Å². The fourth-order valence-corrected chi connectivity index (χ4v) is 4.26. The Morgan fingerprint density at radius 3 is 2.61 bits per heavy atom. The Labute approximate surface area is 178 Å². The van der Waals surface area contributed by atoms with E-state index in [4.69, 9.17) is 4.52 Å². The van der Waals surface area contributed by atoms with Crippen LogP contribution in [0.4, 0.5) is 14.7 Å². The van der Waals surface area contributed by atoms with Crippen LogP contribution >= 0.6 is 0 Å². The summed E-state index contributed by atoms with van der Waals surface area (Å²) in [6.07, 6.45) is 0.788. The average molecular weight is 433 g/mol. The Bertz CT molecular complexity index is 1000. The second kappa shape index (κ2) is 7.47. The number of hydrogen-bond acceptors (Lipinski definition) is 8. The number of aromatic nitrogens is 4. The molecule has 11 heteroatoms. The Balaban J connectivity index is 1.42. The first-order valence-corrected chi connectivity index (χ1v) is 10.7. The summed E-state index contributed by atoms with van der Waals surface area (Å²) in [4.78, 5) is 31.5. The molecule has 2 saturated heterocycles. The summed E-state index contributed by atoms with van der Waals surface area (Å²) in [6, 6.07) is 0.197. The van der Waals surface area contributed by atoms with E-state index in [0.717, 1.165) is 26.1 Å². The quantitative estimate of drug-likeness (QED) is 0.716. The monoisotopic (exact) mass is 433 g/mol. The second-order valence-electron chi connectivity index (χ2n) is 8.61. The molecular weight excluding hydrogens is 408 g/mol. The van der Waals surface area contributed by atoms with Gasteiger partial charge in [0, 0.05) is 50.7 Å². The molecule has 0 radical (unpaired) electrons. The van der Waals surface area contributed by atoms with Crippen molar-refractivity contribution in [1.29, 1.82) is 0 Å². The Kier molecular flexibility index (Phi) is 4.87. The lowest BCUT2D eigenvalue weighted by Crippen LogP contribution is -2.47. The number of piperazine rings is 1. The molecule has 1 amide bonds. The summed E-state index contributed by atoms with van der Waals surface area (Å²) >= 11 is 0. The van der Waals surface area contributed by atoms with Gasteiger partial charge >= 0.3 is 0 Å². The van der Waals surface area contributed by atoms with E-state index in [1.165, 1.54) is 0 Å². The van der Waals surface area contributed by atoms with Crippen molar-refractivity contribution in [3.05, 3.63) is 17.1 Å². The fourth-order valence-electron chi connectivity index (χ4n) is 4.26. The highest BCUT2D eigenvalue weighted by atomic mass is 19.3. The molecule has 31 heavy (non-hydrogen) atoms. The molecule has 0 N–H and O–H groups in total. The molecule has 0 spiro atoms. The molecular formula is C20H25F2N7O2. The summed E-state index contributed by atoms with van der Waals surface area (Å²) in [5, 5.41) is 3.97. The molecule has 0 unspecified atom stereocenters. The van der Waals surface area contributed by atoms with Gasteiger partial charge in [0.15, 0.2) is 0 Å². The van der Waals surface area contributed by atoms with E-state index in [-0.39, 0.29) is 60.3 Å². The molecule has 5 rings (SSSR count). The first-order chi connectivity index (χ1) is 14.8. The van der Waals surface area contributed by atoms with Gasteiger partial charge < -0.3 is 19.2 Å².